The Labute approximate surface area is 118 Å². The van der Waals surface area contributed by atoms with Crippen molar-refractivity contribution in [2.24, 2.45) is 0 Å². The van der Waals surface area contributed by atoms with Crippen LogP contribution in [0.5, 0.6) is 0 Å². The zero-order valence-electron chi connectivity index (χ0n) is 11.9. The molecule has 0 bridgehead atoms. The van der Waals surface area contributed by atoms with Crippen molar-refractivity contribution in [3.8, 4) is 0 Å². The zero-order valence-corrected chi connectivity index (χ0v) is 11.9. The predicted molar refractivity (Wildman–Crippen MR) is 74.5 cm³/mol. The second-order valence-electron chi connectivity index (χ2n) is 5.70. The van der Waals surface area contributed by atoms with Gasteiger partial charge in [-0.25, -0.2) is 4.68 Å². The summed E-state index contributed by atoms with van der Waals surface area (Å²) in [5.41, 5.74) is 0.408. The second kappa shape index (κ2) is 5.88. The topological polar surface area (TPSA) is 75.1 Å². The molecule has 20 heavy (non-hydrogen) atoms. The summed E-state index contributed by atoms with van der Waals surface area (Å²) in [6.45, 7) is 6.90. The molecule has 3 heterocycles. The molecule has 0 aliphatic carbocycles. The quantitative estimate of drug-likeness (QED) is 0.769. The van der Waals surface area contributed by atoms with Gasteiger partial charge in [-0.2, -0.15) is 0 Å². The SMILES string of the molecule is CC(CNC(=O)c1cn(C2CNC2)nn1)N1CCCC1. The molecule has 2 aliphatic rings. The number of nitrogens with zero attached hydrogens (tertiary/aromatic N) is 4. The molecule has 1 aromatic rings. The number of likely N-dealkylation sites (tertiary alicyclic amines) is 1. The van der Waals surface area contributed by atoms with Crippen LogP contribution in [-0.2, 0) is 0 Å². The van der Waals surface area contributed by atoms with Gasteiger partial charge < -0.3 is 10.6 Å². The molecule has 110 valence electrons. The third-order valence-corrected chi connectivity index (χ3v) is 4.20. The van der Waals surface area contributed by atoms with E-state index in [2.05, 4.69) is 32.8 Å². The number of nitrogens with one attached hydrogen (secondary N) is 2. The molecule has 1 atom stereocenters. The van der Waals surface area contributed by atoms with Crippen molar-refractivity contribution >= 4 is 5.91 Å². The predicted octanol–water partition coefficient (Wildman–Crippen LogP) is -0.363. The van der Waals surface area contributed by atoms with E-state index in [4.69, 9.17) is 0 Å². The van der Waals surface area contributed by atoms with Gasteiger partial charge in [0.15, 0.2) is 5.69 Å². The fourth-order valence-electron chi connectivity index (χ4n) is 2.66. The fourth-order valence-corrected chi connectivity index (χ4v) is 2.66. The van der Waals surface area contributed by atoms with Gasteiger partial charge in [-0.3, -0.25) is 9.69 Å². The average molecular weight is 278 g/mol. The molecule has 2 fully saturated rings. The Morgan fingerprint density at radius 2 is 2.25 bits per heavy atom. The zero-order chi connectivity index (χ0) is 13.9. The van der Waals surface area contributed by atoms with Crippen molar-refractivity contribution in [1.29, 1.82) is 0 Å². The third-order valence-electron chi connectivity index (χ3n) is 4.20. The third kappa shape index (κ3) is 2.83. The van der Waals surface area contributed by atoms with Gasteiger partial charge in [-0.15, -0.1) is 5.10 Å². The molecule has 7 nitrogen and oxygen atoms in total. The lowest BCUT2D eigenvalue weighted by atomic mass is 10.2. The van der Waals surface area contributed by atoms with E-state index < -0.39 is 0 Å². The molecule has 2 saturated heterocycles. The molecule has 1 aromatic heterocycles. The number of carbonyl (C=O) groups excluding carboxylic acids is 1. The Balaban J connectivity index is 1.49. The van der Waals surface area contributed by atoms with Crippen molar-refractivity contribution in [3.63, 3.8) is 0 Å². The lowest BCUT2D eigenvalue weighted by molar-refractivity contribution is 0.0935. The van der Waals surface area contributed by atoms with E-state index in [1.54, 1.807) is 10.9 Å². The van der Waals surface area contributed by atoms with Crippen LogP contribution in [-0.4, -0.2) is 64.6 Å². The second-order valence-corrected chi connectivity index (χ2v) is 5.70. The van der Waals surface area contributed by atoms with Crippen molar-refractivity contribution in [2.75, 3.05) is 32.7 Å². The molecule has 0 aromatic carbocycles. The van der Waals surface area contributed by atoms with Crippen LogP contribution in [0.15, 0.2) is 6.20 Å². The molecule has 2 aliphatic heterocycles. The van der Waals surface area contributed by atoms with E-state index in [9.17, 15) is 4.79 Å². The van der Waals surface area contributed by atoms with Crippen LogP contribution >= 0.6 is 0 Å². The van der Waals surface area contributed by atoms with Gasteiger partial charge in [0.2, 0.25) is 0 Å². The van der Waals surface area contributed by atoms with Crippen LogP contribution in [0.3, 0.4) is 0 Å². The van der Waals surface area contributed by atoms with Crippen molar-refractivity contribution in [2.45, 2.75) is 31.8 Å². The summed E-state index contributed by atoms with van der Waals surface area (Å²) in [5, 5.41) is 14.1. The molecule has 0 radical (unpaired) electrons. The molecule has 2 N–H and O–H groups in total. The Hall–Kier alpha value is -1.47. The summed E-state index contributed by atoms with van der Waals surface area (Å²) in [7, 11) is 0. The first-order chi connectivity index (χ1) is 9.74. The lowest BCUT2D eigenvalue weighted by Crippen LogP contribution is -2.43. The maximum Gasteiger partial charge on any atom is 0.273 e. The molecule has 0 saturated carbocycles. The van der Waals surface area contributed by atoms with E-state index >= 15 is 0 Å². The maximum atomic E-state index is 12.0. The molecule has 1 unspecified atom stereocenters. The summed E-state index contributed by atoms with van der Waals surface area (Å²) < 4.78 is 1.77. The summed E-state index contributed by atoms with van der Waals surface area (Å²) in [6.07, 6.45) is 4.27. The van der Waals surface area contributed by atoms with Crippen LogP contribution in [0.1, 0.15) is 36.3 Å². The molecule has 0 spiro atoms. The van der Waals surface area contributed by atoms with E-state index in [1.165, 1.54) is 12.8 Å². The number of hydrogen-bond acceptors (Lipinski definition) is 5. The van der Waals surface area contributed by atoms with E-state index in [0.717, 1.165) is 26.2 Å². The number of aromatic nitrogens is 3. The van der Waals surface area contributed by atoms with Crippen molar-refractivity contribution in [1.82, 2.24) is 30.5 Å². The smallest absolute Gasteiger partial charge is 0.273 e. The minimum absolute atomic E-state index is 0.130. The maximum absolute atomic E-state index is 12.0. The van der Waals surface area contributed by atoms with Gasteiger partial charge in [-0.1, -0.05) is 5.21 Å². The standard InChI is InChI=1S/C13H22N6O/c1-10(18-4-2-3-5-18)6-15-13(20)12-9-19(17-16-12)11-7-14-8-11/h9-11,14H,2-8H2,1H3,(H,15,20). The van der Waals surface area contributed by atoms with E-state index in [1.807, 2.05) is 0 Å². The first-order valence-electron chi connectivity index (χ1n) is 7.39. The summed E-state index contributed by atoms with van der Waals surface area (Å²) in [6, 6.07) is 0.722. The average Bonchev–Trinajstić information content (AvgIpc) is 3.04. The highest BCUT2D eigenvalue weighted by molar-refractivity contribution is 5.91. The molecule has 3 rings (SSSR count). The number of amides is 1. The Bertz CT molecular complexity index is 463. The highest BCUT2D eigenvalue weighted by atomic mass is 16.2. The highest BCUT2D eigenvalue weighted by Gasteiger charge is 2.22. The van der Waals surface area contributed by atoms with E-state index in [0.29, 0.717) is 24.3 Å². The van der Waals surface area contributed by atoms with Gasteiger partial charge in [0.05, 0.1) is 12.2 Å². The Morgan fingerprint density at radius 1 is 1.50 bits per heavy atom. The first kappa shape index (κ1) is 13.5. The van der Waals surface area contributed by atoms with Gasteiger partial charge in [0, 0.05) is 25.7 Å². The monoisotopic (exact) mass is 278 g/mol. The van der Waals surface area contributed by atoms with Gasteiger partial charge in [0.25, 0.3) is 5.91 Å². The van der Waals surface area contributed by atoms with Gasteiger partial charge in [0.1, 0.15) is 0 Å². The van der Waals surface area contributed by atoms with Crippen molar-refractivity contribution in [3.05, 3.63) is 11.9 Å². The minimum Gasteiger partial charge on any atom is -0.349 e. The summed E-state index contributed by atoms with van der Waals surface area (Å²) >= 11 is 0. The number of rotatable bonds is 5. The largest absolute Gasteiger partial charge is 0.349 e. The van der Waals surface area contributed by atoms with Crippen molar-refractivity contribution < 1.29 is 4.79 Å². The Morgan fingerprint density at radius 3 is 2.90 bits per heavy atom. The van der Waals surface area contributed by atoms with Crippen LogP contribution in [0.4, 0.5) is 0 Å². The number of carbonyl (C=O) groups is 1. The minimum atomic E-state index is -0.130. The van der Waals surface area contributed by atoms with Crippen LogP contribution in [0.2, 0.25) is 0 Å². The highest BCUT2D eigenvalue weighted by Crippen LogP contribution is 2.11. The van der Waals surface area contributed by atoms with Crippen LogP contribution in [0, 0.1) is 0 Å². The normalized spacial score (nSPS) is 21.6. The van der Waals surface area contributed by atoms with E-state index in [-0.39, 0.29) is 5.91 Å². The van der Waals surface area contributed by atoms with Crippen LogP contribution < -0.4 is 10.6 Å². The van der Waals surface area contributed by atoms with Gasteiger partial charge >= 0.3 is 0 Å². The molecule has 7 heteroatoms. The number of hydrogen-bond donors (Lipinski definition) is 2. The summed E-state index contributed by atoms with van der Waals surface area (Å²) in [4.78, 5) is 14.5. The molecule has 1 amide bonds. The Kier molecular flexibility index (Phi) is 3.98. The first-order valence-corrected chi connectivity index (χ1v) is 7.39. The van der Waals surface area contributed by atoms with Gasteiger partial charge in [-0.05, 0) is 32.9 Å². The summed E-state index contributed by atoms with van der Waals surface area (Å²) in [5.74, 6) is -0.130. The molecular weight excluding hydrogens is 256 g/mol. The molecular formula is C13H22N6O. The fraction of sp³-hybridized carbons (Fsp3) is 0.769. The van der Waals surface area contributed by atoms with Crippen LogP contribution in [0.25, 0.3) is 0 Å². The lowest BCUT2D eigenvalue weighted by Gasteiger charge is -2.26.